The molecular formula is C17H16ClN3O3. The predicted molar refractivity (Wildman–Crippen MR) is 92.0 cm³/mol. The lowest BCUT2D eigenvalue weighted by Crippen LogP contribution is -2.24. The van der Waals surface area contributed by atoms with E-state index in [1.807, 2.05) is 26.8 Å². The number of nitrogens with one attached hydrogen (secondary N) is 1. The number of hydrogen-bond donors (Lipinski definition) is 2. The molecule has 1 aromatic carbocycles. The first-order chi connectivity index (χ1) is 11.1. The summed E-state index contributed by atoms with van der Waals surface area (Å²) in [6, 6.07) is 6.40. The molecule has 0 saturated carbocycles. The second-order valence-electron chi connectivity index (χ2n) is 6.69. The molecule has 2 heterocycles. The van der Waals surface area contributed by atoms with Gasteiger partial charge in [-0.2, -0.15) is 0 Å². The zero-order valence-electron chi connectivity index (χ0n) is 13.4. The third-order valence-electron chi connectivity index (χ3n) is 4.01. The number of amides is 2. The van der Waals surface area contributed by atoms with Crippen molar-refractivity contribution >= 4 is 29.2 Å². The molecule has 0 spiro atoms. The number of nitrogens with zero attached hydrogens (tertiary/aromatic N) is 1. The van der Waals surface area contributed by atoms with Crippen LogP contribution < -0.4 is 16.6 Å². The third-order valence-corrected chi connectivity index (χ3v) is 4.31. The number of aromatic nitrogens is 1. The van der Waals surface area contributed by atoms with E-state index in [4.69, 9.17) is 17.3 Å². The number of anilines is 1. The van der Waals surface area contributed by atoms with Crippen molar-refractivity contribution in [2.24, 2.45) is 0 Å². The van der Waals surface area contributed by atoms with E-state index >= 15 is 0 Å². The van der Waals surface area contributed by atoms with Gasteiger partial charge in [-0.3, -0.25) is 24.3 Å². The number of nitrogen functional groups attached to an aromatic ring is 1. The van der Waals surface area contributed by atoms with Crippen LogP contribution in [0.4, 0.5) is 5.82 Å². The van der Waals surface area contributed by atoms with Crippen LogP contribution in [0.2, 0.25) is 5.02 Å². The summed E-state index contributed by atoms with van der Waals surface area (Å²) in [6.07, 6.45) is 0. The van der Waals surface area contributed by atoms with Crippen LogP contribution in [0.15, 0.2) is 29.1 Å². The van der Waals surface area contributed by atoms with Crippen molar-refractivity contribution in [3.8, 4) is 5.69 Å². The van der Waals surface area contributed by atoms with Crippen LogP contribution in [-0.4, -0.2) is 16.4 Å². The number of nitrogens with two attached hydrogens (primary N) is 1. The van der Waals surface area contributed by atoms with E-state index in [-0.39, 0.29) is 22.4 Å². The van der Waals surface area contributed by atoms with Crippen molar-refractivity contribution < 1.29 is 9.59 Å². The Hall–Kier alpha value is -2.60. The van der Waals surface area contributed by atoms with Crippen LogP contribution in [0.3, 0.4) is 0 Å². The van der Waals surface area contributed by atoms with E-state index in [2.05, 4.69) is 5.32 Å². The Kier molecular flexibility index (Phi) is 3.53. The summed E-state index contributed by atoms with van der Waals surface area (Å²) in [5.74, 6) is -1.35. The fourth-order valence-electron chi connectivity index (χ4n) is 2.68. The monoisotopic (exact) mass is 345 g/mol. The van der Waals surface area contributed by atoms with E-state index < -0.39 is 17.4 Å². The average Bonchev–Trinajstić information content (AvgIpc) is 2.74. The SMILES string of the molecule is CC(C)(C)c1ccc(-n2c(N)c3c(cc2=O)C(=O)NC3=O)c(Cl)c1. The molecule has 0 radical (unpaired) electrons. The number of pyridine rings is 1. The van der Waals surface area contributed by atoms with Crippen molar-refractivity contribution in [1.82, 2.24) is 9.88 Å². The second-order valence-corrected chi connectivity index (χ2v) is 7.10. The van der Waals surface area contributed by atoms with E-state index in [1.54, 1.807) is 12.1 Å². The molecule has 0 atom stereocenters. The van der Waals surface area contributed by atoms with Gasteiger partial charge in [0.1, 0.15) is 5.82 Å². The van der Waals surface area contributed by atoms with Crippen molar-refractivity contribution in [3.05, 3.63) is 56.3 Å². The van der Waals surface area contributed by atoms with E-state index in [0.717, 1.165) is 16.2 Å². The summed E-state index contributed by atoms with van der Waals surface area (Å²) in [5.41, 5.74) is 6.71. The van der Waals surface area contributed by atoms with Crippen LogP contribution in [0, 0.1) is 0 Å². The Balaban J connectivity index is 2.26. The zero-order valence-corrected chi connectivity index (χ0v) is 14.2. The van der Waals surface area contributed by atoms with Gasteiger partial charge >= 0.3 is 0 Å². The molecule has 0 saturated heterocycles. The number of carbonyl (C=O) groups excluding carboxylic acids is 2. The van der Waals surface area contributed by atoms with E-state index in [1.165, 1.54) is 0 Å². The average molecular weight is 346 g/mol. The number of imide groups is 1. The fraction of sp³-hybridized carbons (Fsp3) is 0.235. The topological polar surface area (TPSA) is 94.2 Å². The largest absolute Gasteiger partial charge is 0.384 e. The van der Waals surface area contributed by atoms with Gasteiger partial charge in [0.2, 0.25) is 0 Å². The van der Waals surface area contributed by atoms with Crippen LogP contribution in [0.1, 0.15) is 47.1 Å². The minimum absolute atomic E-state index is 0.00411. The Morgan fingerprint density at radius 1 is 1.08 bits per heavy atom. The van der Waals surface area contributed by atoms with Crippen molar-refractivity contribution in [2.75, 3.05) is 5.73 Å². The van der Waals surface area contributed by atoms with Gasteiger partial charge in [-0.15, -0.1) is 0 Å². The van der Waals surface area contributed by atoms with Crippen molar-refractivity contribution in [3.63, 3.8) is 0 Å². The van der Waals surface area contributed by atoms with Gasteiger partial charge in [-0.1, -0.05) is 38.4 Å². The van der Waals surface area contributed by atoms with Crippen molar-refractivity contribution in [2.45, 2.75) is 26.2 Å². The molecule has 0 unspecified atom stereocenters. The molecule has 6 nitrogen and oxygen atoms in total. The molecule has 2 amide bonds. The van der Waals surface area contributed by atoms with Gasteiger partial charge in [-0.05, 0) is 23.1 Å². The van der Waals surface area contributed by atoms with E-state index in [0.29, 0.717) is 10.7 Å². The van der Waals surface area contributed by atoms with E-state index in [9.17, 15) is 14.4 Å². The second kappa shape index (κ2) is 5.21. The van der Waals surface area contributed by atoms with Crippen LogP contribution in [0.5, 0.6) is 0 Å². The summed E-state index contributed by atoms with van der Waals surface area (Å²) >= 11 is 6.35. The molecule has 1 aromatic heterocycles. The number of carbonyl (C=O) groups is 2. The molecule has 0 aliphatic carbocycles. The molecule has 3 rings (SSSR count). The van der Waals surface area contributed by atoms with Gasteiger partial charge in [-0.25, -0.2) is 0 Å². The number of halogens is 1. The first-order valence-corrected chi connectivity index (χ1v) is 7.70. The van der Waals surface area contributed by atoms with Gasteiger partial charge in [0, 0.05) is 6.07 Å². The molecular weight excluding hydrogens is 330 g/mol. The normalized spacial score (nSPS) is 13.8. The number of rotatable bonds is 1. The standard InChI is InChI=1S/C17H16ClN3O3/c1-17(2,3)8-4-5-11(10(18)6-8)21-12(22)7-9-13(14(21)19)16(24)20-15(9)23/h4-7H,19H2,1-3H3,(H,20,23,24). The minimum Gasteiger partial charge on any atom is -0.384 e. The van der Waals surface area contributed by atoms with Crippen LogP contribution in [-0.2, 0) is 5.41 Å². The molecule has 1 aliphatic heterocycles. The molecule has 0 fully saturated rings. The molecule has 1 aliphatic rings. The lowest BCUT2D eigenvalue weighted by atomic mass is 9.87. The van der Waals surface area contributed by atoms with Gasteiger partial charge in [0.25, 0.3) is 17.4 Å². The Labute approximate surface area is 143 Å². The molecule has 3 N–H and O–H groups in total. The summed E-state index contributed by atoms with van der Waals surface area (Å²) in [4.78, 5) is 36.0. The number of fused-ring (bicyclic) bond motifs is 1. The number of hydrogen-bond acceptors (Lipinski definition) is 4. The zero-order chi connectivity index (χ0) is 17.8. The van der Waals surface area contributed by atoms with Crippen LogP contribution in [0.25, 0.3) is 5.69 Å². The minimum atomic E-state index is -0.625. The lowest BCUT2D eigenvalue weighted by molar-refractivity contribution is 0.0880. The summed E-state index contributed by atoms with van der Waals surface area (Å²) in [7, 11) is 0. The Morgan fingerprint density at radius 2 is 1.75 bits per heavy atom. The molecule has 2 aromatic rings. The van der Waals surface area contributed by atoms with Gasteiger partial charge in [0.15, 0.2) is 0 Å². The Morgan fingerprint density at radius 3 is 2.33 bits per heavy atom. The number of benzene rings is 1. The maximum atomic E-state index is 12.4. The van der Waals surface area contributed by atoms with Gasteiger partial charge < -0.3 is 5.73 Å². The molecule has 24 heavy (non-hydrogen) atoms. The summed E-state index contributed by atoms with van der Waals surface area (Å²) < 4.78 is 1.14. The first-order valence-electron chi connectivity index (χ1n) is 7.33. The molecule has 124 valence electrons. The highest BCUT2D eigenvalue weighted by Gasteiger charge is 2.32. The highest BCUT2D eigenvalue weighted by atomic mass is 35.5. The lowest BCUT2D eigenvalue weighted by Gasteiger charge is -2.21. The maximum Gasteiger partial charge on any atom is 0.262 e. The molecule has 7 heteroatoms. The highest BCUT2D eigenvalue weighted by Crippen LogP contribution is 2.31. The summed E-state index contributed by atoms with van der Waals surface area (Å²) in [6.45, 7) is 6.14. The highest BCUT2D eigenvalue weighted by molar-refractivity contribution is 6.32. The van der Waals surface area contributed by atoms with Crippen molar-refractivity contribution in [1.29, 1.82) is 0 Å². The Bertz CT molecular complexity index is 955. The first kappa shape index (κ1) is 16.3. The quantitative estimate of drug-likeness (QED) is 0.775. The third kappa shape index (κ3) is 2.39. The maximum absolute atomic E-state index is 12.4. The fourth-order valence-corrected chi connectivity index (χ4v) is 2.95. The van der Waals surface area contributed by atoms with Gasteiger partial charge in [0.05, 0.1) is 21.8 Å². The smallest absolute Gasteiger partial charge is 0.262 e. The predicted octanol–water partition coefficient (Wildman–Crippen LogP) is 2.25. The van der Waals surface area contributed by atoms with Crippen LogP contribution >= 0.6 is 11.6 Å². The summed E-state index contributed by atoms with van der Waals surface area (Å²) in [5, 5.41) is 2.46. The molecule has 0 bridgehead atoms.